The molecule has 0 aliphatic carbocycles. The molecule has 0 radical (unpaired) electrons. The van der Waals surface area contributed by atoms with Crippen molar-refractivity contribution in [2.45, 2.75) is 46.1 Å². The lowest BCUT2D eigenvalue weighted by molar-refractivity contribution is 0.111. The van der Waals surface area contributed by atoms with Crippen molar-refractivity contribution in [1.82, 2.24) is 4.57 Å². The molecule has 1 aromatic rings. The number of nitrogens with zero attached hydrogens (tertiary/aromatic N) is 1. The lowest BCUT2D eigenvalue weighted by atomic mass is 10.2. The van der Waals surface area contributed by atoms with Gasteiger partial charge in [-0.25, -0.2) is 0 Å². The minimum atomic E-state index is 0.423. The normalized spacial score (nSPS) is 12.8. The molecule has 0 fully saturated rings. The molecule has 1 heterocycles. The average molecular weight is 193 g/mol. The Bertz CT molecular complexity index is 301. The smallest absolute Gasteiger partial charge is 0.166 e. The number of hydrogen-bond donors (Lipinski definition) is 0. The van der Waals surface area contributed by atoms with Gasteiger partial charge in [0.15, 0.2) is 6.29 Å². The summed E-state index contributed by atoms with van der Waals surface area (Å²) in [5.41, 5.74) is 2.09. The minimum absolute atomic E-state index is 0.423. The standard InChI is InChI=1S/C12H19NO/c1-4-6-11-7-8-12(9-14)13(11)10(3)5-2/h7-10H,4-6H2,1-3H3/t10-/m0/s1. The summed E-state index contributed by atoms with van der Waals surface area (Å²) in [5, 5.41) is 0. The van der Waals surface area contributed by atoms with Crippen LogP contribution in [0.3, 0.4) is 0 Å². The molecule has 0 saturated heterocycles. The zero-order valence-corrected chi connectivity index (χ0v) is 9.29. The van der Waals surface area contributed by atoms with E-state index in [4.69, 9.17) is 0 Å². The summed E-state index contributed by atoms with van der Waals surface area (Å²) in [7, 11) is 0. The molecule has 78 valence electrons. The Balaban J connectivity index is 3.05. The van der Waals surface area contributed by atoms with Gasteiger partial charge in [-0.05, 0) is 31.9 Å². The quantitative estimate of drug-likeness (QED) is 0.658. The van der Waals surface area contributed by atoms with Gasteiger partial charge in [0.05, 0.1) is 5.69 Å². The van der Waals surface area contributed by atoms with Crippen molar-refractivity contribution in [2.24, 2.45) is 0 Å². The summed E-state index contributed by atoms with van der Waals surface area (Å²) in [4.78, 5) is 10.8. The summed E-state index contributed by atoms with van der Waals surface area (Å²) in [6.07, 6.45) is 4.19. The molecular formula is C12H19NO. The fourth-order valence-electron chi connectivity index (χ4n) is 1.78. The molecule has 1 rings (SSSR count). The van der Waals surface area contributed by atoms with Crippen LogP contribution in [0.2, 0.25) is 0 Å². The van der Waals surface area contributed by atoms with Crippen molar-refractivity contribution < 1.29 is 4.79 Å². The second-order valence-corrected chi connectivity index (χ2v) is 3.74. The molecule has 2 nitrogen and oxygen atoms in total. The van der Waals surface area contributed by atoms with Crippen molar-refractivity contribution in [2.75, 3.05) is 0 Å². The molecule has 0 spiro atoms. The molecule has 0 aliphatic heterocycles. The van der Waals surface area contributed by atoms with E-state index in [1.807, 2.05) is 6.07 Å². The second kappa shape index (κ2) is 4.99. The highest BCUT2D eigenvalue weighted by atomic mass is 16.1. The zero-order chi connectivity index (χ0) is 10.6. The maximum Gasteiger partial charge on any atom is 0.166 e. The third kappa shape index (κ3) is 2.06. The first-order valence-corrected chi connectivity index (χ1v) is 5.39. The van der Waals surface area contributed by atoms with Gasteiger partial charge >= 0.3 is 0 Å². The molecule has 1 atom stereocenters. The highest BCUT2D eigenvalue weighted by molar-refractivity contribution is 5.72. The number of aryl methyl sites for hydroxylation is 1. The lowest BCUT2D eigenvalue weighted by Gasteiger charge is -2.17. The van der Waals surface area contributed by atoms with Crippen molar-refractivity contribution in [3.8, 4) is 0 Å². The highest BCUT2D eigenvalue weighted by Gasteiger charge is 2.11. The zero-order valence-electron chi connectivity index (χ0n) is 9.29. The van der Waals surface area contributed by atoms with E-state index in [1.165, 1.54) is 5.69 Å². The van der Waals surface area contributed by atoms with Crippen molar-refractivity contribution >= 4 is 6.29 Å². The average Bonchev–Trinajstić information content (AvgIpc) is 2.60. The van der Waals surface area contributed by atoms with Gasteiger partial charge in [0, 0.05) is 11.7 Å². The Labute approximate surface area is 85.9 Å². The van der Waals surface area contributed by atoms with Gasteiger partial charge in [0.1, 0.15) is 0 Å². The summed E-state index contributed by atoms with van der Waals surface area (Å²) in [5.74, 6) is 0. The summed E-state index contributed by atoms with van der Waals surface area (Å²) >= 11 is 0. The van der Waals surface area contributed by atoms with Crippen LogP contribution in [-0.2, 0) is 6.42 Å². The van der Waals surface area contributed by atoms with Gasteiger partial charge in [-0.1, -0.05) is 20.3 Å². The SMILES string of the molecule is CCCc1ccc(C=O)n1[C@@H](C)CC. The lowest BCUT2D eigenvalue weighted by Crippen LogP contribution is -2.10. The monoisotopic (exact) mass is 193 g/mol. The Morgan fingerprint density at radius 1 is 1.43 bits per heavy atom. The van der Waals surface area contributed by atoms with Crippen LogP contribution in [0.4, 0.5) is 0 Å². The maximum atomic E-state index is 10.8. The number of carbonyl (C=O) groups is 1. The van der Waals surface area contributed by atoms with Crippen molar-refractivity contribution in [3.05, 3.63) is 23.5 Å². The summed E-state index contributed by atoms with van der Waals surface area (Å²) in [6.45, 7) is 6.47. The molecule has 0 aliphatic rings. The summed E-state index contributed by atoms with van der Waals surface area (Å²) < 4.78 is 2.16. The number of aldehydes is 1. The Kier molecular flexibility index (Phi) is 3.93. The number of rotatable bonds is 5. The molecule has 2 heteroatoms. The van der Waals surface area contributed by atoms with Crippen LogP contribution < -0.4 is 0 Å². The number of carbonyl (C=O) groups excluding carboxylic acids is 1. The van der Waals surface area contributed by atoms with Crippen LogP contribution in [0.1, 0.15) is 55.8 Å². The Morgan fingerprint density at radius 3 is 2.64 bits per heavy atom. The van der Waals surface area contributed by atoms with Crippen molar-refractivity contribution in [3.63, 3.8) is 0 Å². The van der Waals surface area contributed by atoms with Crippen LogP contribution in [0.5, 0.6) is 0 Å². The van der Waals surface area contributed by atoms with Crippen LogP contribution in [0, 0.1) is 0 Å². The molecular weight excluding hydrogens is 174 g/mol. The van der Waals surface area contributed by atoms with Gasteiger partial charge in [-0.2, -0.15) is 0 Å². The summed E-state index contributed by atoms with van der Waals surface area (Å²) in [6, 6.07) is 4.41. The molecule has 14 heavy (non-hydrogen) atoms. The fourth-order valence-corrected chi connectivity index (χ4v) is 1.78. The first-order chi connectivity index (χ1) is 6.74. The van der Waals surface area contributed by atoms with Crippen LogP contribution >= 0.6 is 0 Å². The predicted octanol–water partition coefficient (Wildman–Crippen LogP) is 3.22. The van der Waals surface area contributed by atoms with Gasteiger partial charge in [0.25, 0.3) is 0 Å². The van der Waals surface area contributed by atoms with E-state index in [0.29, 0.717) is 6.04 Å². The Hall–Kier alpha value is -1.05. The molecule has 0 unspecified atom stereocenters. The molecule has 0 amide bonds. The van der Waals surface area contributed by atoms with Gasteiger partial charge in [0.2, 0.25) is 0 Å². The van der Waals surface area contributed by atoms with E-state index < -0.39 is 0 Å². The van der Waals surface area contributed by atoms with E-state index in [1.54, 1.807) is 0 Å². The highest BCUT2D eigenvalue weighted by Crippen LogP contribution is 2.19. The van der Waals surface area contributed by atoms with E-state index >= 15 is 0 Å². The second-order valence-electron chi connectivity index (χ2n) is 3.74. The van der Waals surface area contributed by atoms with E-state index in [-0.39, 0.29) is 0 Å². The first-order valence-electron chi connectivity index (χ1n) is 5.39. The van der Waals surface area contributed by atoms with Gasteiger partial charge in [-0.15, -0.1) is 0 Å². The van der Waals surface area contributed by atoms with Crippen molar-refractivity contribution in [1.29, 1.82) is 0 Å². The van der Waals surface area contributed by atoms with Crippen LogP contribution in [0.15, 0.2) is 12.1 Å². The topological polar surface area (TPSA) is 22.0 Å². The third-order valence-corrected chi connectivity index (χ3v) is 2.69. The van der Waals surface area contributed by atoms with Crippen LogP contribution in [-0.4, -0.2) is 10.9 Å². The minimum Gasteiger partial charge on any atom is -0.340 e. The van der Waals surface area contributed by atoms with E-state index in [9.17, 15) is 4.79 Å². The molecule has 0 saturated carbocycles. The van der Waals surface area contributed by atoms with Crippen LogP contribution in [0.25, 0.3) is 0 Å². The first kappa shape index (κ1) is 11.0. The fraction of sp³-hybridized carbons (Fsp3) is 0.583. The number of aromatic nitrogens is 1. The molecule has 0 N–H and O–H groups in total. The molecule has 0 aromatic carbocycles. The van der Waals surface area contributed by atoms with Gasteiger partial charge in [-0.3, -0.25) is 4.79 Å². The molecule has 1 aromatic heterocycles. The molecule has 0 bridgehead atoms. The van der Waals surface area contributed by atoms with Gasteiger partial charge < -0.3 is 4.57 Å². The largest absolute Gasteiger partial charge is 0.340 e. The third-order valence-electron chi connectivity index (χ3n) is 2.69. The van der Waals surface area contributed by atoms with E-state index in [0.717, 1.165) is 31.2 Å². The Morgan fingerprint density at radius 2 is 2.14 bits per heavy atom. The maximum absolute atomic E-state index is 10.8. The number of hydrogen-bond acceptors (Lipinski definition) is 1. The van der Waals surface area contributed by atoms with E-state index in [2.05, 4.69) is 31.4 Å². The predicted molar refractivity (Wildman–Crippen MR) is 58.8 cm³/mol.